The zero-order chi connectivity index (χ0) is 41.5. The number of benzene rings is 6. The number of fused-ring (bicyclic) bond motifs is 6. The Hall–Kier alpha value is -4.82. The Bertz CT molecular complexity index is 2610. The van der Waals surface area contributed by atoms with Crippen LogP contribution >= 0.6 is 0 Å². The lowest BCUT2D eigenvalue weighted by molar-refractivity contribution is 0.332. The average molecular weight is 772 g/mol. The van der Waals surface area contributed by atoms with E-state index in [4.69, 9.17) is 0 Å². The van der Waals surface area contributed by atoms with Gasteiger partial charge in [-0.2, -0.15) is 0 Å². The summed E-state index contributed by atoms with van der Waals surface area (Å²) in [5.41, 5.74) is 21.0. The van der Waals surface area contributed by atoms with E-state index in [0.29, 0.717) is 0 Å². The van der Waals surface area contributed by atoms with Crippen molar-refractivity contribution >= 4 is 40.2 Å². The Kier molecular flexibility index (Phi) is 8.20. The molecular formula is C57H62BN. The van der Waals surface area contributed by atoms with Crippen molar-refractivity contribution in [2.24, 2.45) is 0 Å². The van der Waals surface area contributed by atoms with E-state index >= 15 is 0 Å². The predicted octanol–water partition coefficient (Wildman–Crippen LogP) is 12.7. The summed E-state index contributed by atoms with van der Waals surface area (Å²) < 4.78 is 0. The van der Waals surface area contributed by atoms with Crippen LogP contribution in [0.2, 0.25) is 0 Å². The summed E-state index contributed by atoms with van der Waals surface area (Å²) >= 11 is 0. The SMILES string of the molecule is CC(C)(C)c1ccc2c(c1)B1c3cc4c(cc3N(c3cccc5c3C(C)(C)CCC5(C)C)c3cccc(c31)C2(c1ccccc1)c1ccccc1)C(C)(C)CCC4(C)C. The summed E-state index contributed by atoms with van der Waals surface area (Å²) in [5, 5.41) is 0. The molecule has 2 heterocycles. The highest BCUT2D eigenvalue weighted by molar-refractivity contribution is 6.99. The zero-order valence-corrected chi connectivity index (χ0v) is 37.5. The quantitative estimate of drug-likeness (QED) is 0.162. The summed E-state index contributed by atoms with van der Waals surface area (Å²) in [7, 11) is 0. The van der Waals surface area contributed by atoms with Crippen LogP contribution in [0.1, 0.15) is 152 Å². The first-order valence-corrected chi connectivity index (χ1v) is 22.4. The molecule has 2 aliphatic carbocycles. The summed E-state index contributed by atoms with van der Waals surface area (Å²) in [6, 6.07) is 50.3. The molecule has 10 rings (SSSR count). The molecule has 298 valence electrons. The fourth-order valence-corrected chi connectivity index (χ4v) is 12.1. The molecule has 0 saturated heterocycles. The van der Waals surface area contributed by atoms with E-state index in [0.717, 1.165) is 0 Å². The largest absolute Gasteiger partial charge is 0.311 e. The molecule has 0 saturated carbocycles. The lowest BCUT2D eigenvalue weighted by Gasteiger charge is -2.51. The van der Waals surface area contributed by atoms with Gasteiger partial charge in [0.1, 0.15) is 0 Å². The first kappa shape index (κ1) is 38.4. The van der Waals surface area contributed by atoms with Crippen molar-refractivity contribution in [1.29, 1.82) is 0 Å². The lowest BCUT2D eigenvalue weighted by Crippen LogP contribution is -2.65. The third-order valence-electron chi connectivity index (χ3n) is 15.7. The zero-order valence-electron chi connectivity index (χ0n) is 37.5. The molecule has 0 fully saturated rings. The van der Waals surface area contributed by atoms with E-state index in [-0.39, 0.29) is 33.8 Å². The molecule has 0 radical (unpaired) electrons. The Morgan fingerprint density at radius 3 is 1.56 bits per heavy atom. The van der Waals surface area contributed by atoms with E-state index < -0.39 is 5.41 Å². The average Bonchev–Trinajstić information content (AvgIpc) is 3.21. The number of hydrogen-bond acceptors (Lipinski definition) is 1. The van der Waals surface area contributed by atoms with Gasteiger partial charge in [0.2, 0.25) is 6.71 Å². The summed E-state index contributed by atoms with van der Waals surface area (Å²) in [4.78, 5) is 2.75. The molecule has 4 aliphatic rings. The Labute approximate surface area is 355 Å². The van der Waals surface area contributed by atoms with E-state index in [1.54, 1.807) is 0 Å². The highest BCUT2D eigenvalue weighted by Gasteiger charge is 2.53. The maximum Gasteiger partial charge on any atom is 0.247 e. The molecule has 2 aliphatic heterocycles. The van der Waals surface area contributed by atoms with Gasteiger partial charge < -0.3 is 4.90 Å². The van der Waals surface area contributed by atoms with E-state index in [9.17, 15) is 0 Å². The molecule has 0 amide bonds. The molecule has 0 atom stereocenters. The Balaban J connectivity index is 1.41. The lowest BCUT2D eigenvalue weighted by atomic mass is 9.29. The minimum atomic E-state index is -0.522. The molecule has 59 heavy (non-hydrogen) atoms. The molecule has 6 aromatic rings. The first-order valence-electron chi connectivity index (χ1n) is 22.4. The molecule has 0 N–H and O–H groups in total. The monoisotopic (exact) mass is 771 g/mol. The highest BCUT2D eigenvalue weighted by atomic mass is 15.2. The molecular weight excluding hydrogens is 709 g/mol. The molecule has 6 aromatic carbocycles. The van der Waals surface area contributed by atoms with E-state index in [1.165, 1.54) is 109 Å². The maximum absolute atomic E-state index is 2.75. The van der Waals surface area contributed by atoms with Crippen LogP contribution in [0.25, 0.3) is 0 Å². The molecule has 0 unspecified atom stereocenters. The van der Waals surface area contributed by atoms with Crippen LogP contribution in [-0.2, 0) is 32.5 Å². The number of anilines is 3. The molecule has 0 bridgehead atoms. The number of hydrogen-bond donors (Lipinski definition) is 0. The minimum absolute atomic E-state index is 0.0101. The molecule has 0 spiro atoms. The van der Waals surface area contributed by atoms with Crippen LogP contribution in [0.15, 0.2) is 127 Å². The van der Waals surface area contributed by atoms with Crippen LogP contribution in [-0.4, -0.2) is 6.71 Å². The van der Waals surface area contributed by atoms with Crippen molar-refractivity contribution < 1.29 is 0 Å². The van der Waals surface area contributed by atoms with Gasteiger partial charge in [-0.25, -0.2) is 0 Å². The summed E-state index contributed by atoms with van der Waals surface area (Å²) in [6.07, 6.45) is 4.73. The second-order valence-electron chi connectivity index (χ2n) is 22.2. The van der Waals surface area contributed by atoms with Gasteiger partial charge in [-0.15, -0.1) is 0 Å². The van der Waals surface area contributed by atoms with Crippen molar-refractivity contribution in [1.82, 2.24) is 0 Å². The van der Waals surface area contributed by atoms with E-state index in [2.05, 4.69) is 208 Å². The smallest absolute Gasteiger partial charge is 0.247 e. The van der Waals surface area contributed by atoms with Crippen molar-refractivity contribution in [3.05, 3.63) is 177 Å². The second kappa shape index (κ2) is 12.6. The van der Waals surface area contributed by atoms with Gasteiger partial charge in [0, 0.05) is 11.4 Å². The van der Waals surface area contributed by atoms with Gasteiger partial charge in [0.05, 0.1) is 11.1 Å². The van der Waals surface area contributed by atoms with Crippen LogP contribution in [0, 0.1) is 0 Å². The van der Waals surface area contributed by atoms with Gasteiger partial charge in [-0.3, -0.25) is 0 Å². The third-order valence-corrected chi connectivity index (χ3v) is 15.7. The maximum atomic E-state index is 2.75. The molecule has 1 nitrogen and oxygen atoms in total. The van der Waals surface area contributed by atoms with Crippen LogP contribution in [0.5, 0.6) is 0 Å². The normalized spacial score (nSPS) is 19.8. The third kappa shape index (κ3) is 5.43. The standard InChI is InChI=1S/C57H62BN/c1-52(2,3)39-28-29-40-45(34-39)58-46-35-43-44(55(8,9)31-30-54(43,6)7)36-49(46)59(47-26-18-24-41-50(47)56(10,11)33-32-53(41,4)5)48-27-19-25-42(51(48)58)57(40,37-20-14-12-15-21-37)38-22-16-13-17-23-38/h12-29,34-36H,30-33H2,1-11H3. The number of nitrogens with zero attached hydrogens (tertiary/aromatic N) is 1. The Morgan fingerprint density at radius 2 is 0.966 bits per heavy atom. The van der Waals surface area contributed by atoms with Gasteiger partial charge in [0.15, 0.2) is 0 Å². The fourth-order valence-electron chi connectivity index (χ4n) is 12.1. The molecule has 0 aromatic heterocycles. The minimum Gasteiger partial charge on any atom is -0.311 e. The van der Waals surface area contributed by atoms with Crippen molar-refractivity contribution in [2.75, 3.05) is 4.90 Å². The van der Waals surface area contributed by atoms with E-state index in [1.807, 2.05) is 0 Å². The Morgan fingerprint density at radius 1 is 0.441 bits per heavy atom. The van der Waals surface area contributed by atoms with Crippen molar-refractivity contribution in [2.45, 2.75) is 134 Å². The summed E-state index contributed by atoms with van der Waals surface area (Å²) in [5.74, 6) is 0. The van der Waals surface area contributed by atoms with Gasteiger partial charge in [-0.05, 0) is 132 Å². The van der Waals surface area contributed by atoms with Crippen molar-refractivity contribution in [3.8, 4) is 0 Å². The highest BCUT2D eigenvalue weighted by Crippen LogP contribution is 2.55. The summed E-state index contributed by atoms with van der Waals surface area (Å²) in [6.45, 7) is 27.1. The van der Waals surface area contributed by atoms with Gasteiger partial charge in [-0.1, -0.05) is 191 Å². The van der Waals surface area contributed by atoms with Crippen LogP contribution in [0.4, 0.5) is 17.1 Å². The van der Waals surface area contributed by atoms with Crippen LogP contribution in [0.3, 0.4) is 0 Å². The fraction of sp³-hybridized carbons (Fsp3) is 0.368. The predicted molar refractivity (Wildman–Crippen MR) is 253 cm³/mol. The van der Waals surface area contributed by atoms with Gasteiger partial charge in [0.25, 0.3) is 0 Å². The van der Waals surface area contributed by atoms with Gasteiger partial charge >= 0.3 is 0 Å². The topological polar surface area (TPSA) is 3.24 Å². The molecule has 2 heteroatoms. The van der Waals surface area contributed by atoms with Crippen molar-refractivity contribution in [3.63, 3.8) is 0 Å². The van der Waals surface area contributed by atoms with Crippen LogP contribution < -0.4 is 21.3 Å². The second-order valence-corrected chi connectivity index (χ2v) is 22.2. The number of rotatable bonds is 3. The first-order chi connectivity index (χ1) is 27.9.